The summed E-state index contributed by atoms with van der Waals surface area (Å²) in [6.45, 7) is 6.28. The minimum atomic E-state index is -0.960. The van der Waals surface area contributed by atoms with E-state index in [2.05, 4.69) is 17.2 Å². The van der Waals surface area contributed by atoms with E-state index in [-0.39, 0.29) is 11.6 Å². The predicted molar refractivity (Wildman–Crippen MR) is 77.2 cm³/mol. The number of furan rings is 1. The van der Waals surface area contributed by atoms with E-state index in [1.807, 2.05) is 13.1 Å². The minimum Gasteiger partial charge on any atom is -0.478 e. The van der Waals surface area contributed by atoms with Crippen molar-refractivity contribution >= 4 is 17.3 Å². The van der Waals surface area contributed by atoms with E-state index in [0.717, 1.165) is 11.4 Å². The van der Waals surface area contributed by atoms with Crippen molar-refractivity contribution in [3.63, 3.8) is 0 Å². The van der Waals surface area contributed by atoms with Crippen molar-refractivity contribution in [1.29, 1.82) is 0 Å². The van der Waals surface area contributed by atoms with Crippen LogP contribution in [0.1, 0.15) is 51.7 Å². The first-order valence-corrected chi connectivity index (χ1v) is 7.33. The molecule has 0 bridgehead atoms. The van der Waals surface area contributed by atoms with Crippen LogP contribution >= 0.6 is 11.3 Å². The Balaban J connectivity index is 1.97. The molecule has 0 saturated heterocycles. The highest BCUT2D eigenvalue weighted by molar-refractivity contribution is 7.11. The fraction of sp³-hybridized carbons (Fsp3) is 0.429. The second kappa shape index (κ2) is 6.19. The van der Waals surface area contributed by atoms with Crippen LogP contribution in [0.5, 0.6) is 0 Å². The number of aromatic carboxylic acids is 1. The Bertz CT molecular complexity index is 603. The Morgan fingerprint density at radius 3 is 2.90 bits per heavy atom. The fourth-order valence-corrected chi connectivity index (χ4v) is 2.75. The number of carboxylic acid groups (broad SMARTS) is 1. The SMILES string of the molecule is CCc1cnc(C(C)NCc2cc(C(=O)O)c(C)o2)s1. The second-order valence-corrected chi connectivity index (χ2v) is 5.76. The molecule has 108 valence electrons. The van der Waals surface area contributed by atoms with Gasteiger partial charge in [0.15, 0.2) is 0 Å². The molecule has 20 heavy (non-hydrogen) atoms. The molecule has 2 N–H and O–H groups in total. The van der Waals surface area contributed by atoms with Crippen LogP contribution in [0.3, 0.4) is 0 Å². The molecule has 0 amide bonds. The quantitative estimate of drug-likeness (QED) is 0.856. The van der Waals surface area contributed by atoms with Crippen molar-refractivity contribution in [3.8, 4) is 0 Å². The summed E-state index contributed by atoms with van der Waals surface area (Å²) in [5.74, 6) is 0.0987. The summed E-state index contributed by atoms with van der Waals surface area (Å²) < 4.78 is 5.43. The van der Waals surface area contributed by atoms with Crippen molar-refractivity contribution < 1.29 is 14.3 Å². The second-order valence-electron chi connectivity index (χ2n) is 4.61. The fourth-order valence-electron chi connectivity index (χ4n) is 1.87. The van der Waals surface area contributed by atoms with E-state index < -0.39 is 5.97 Å². The van der Waals surface area contributed by atoms with Gasteiger partial charge in [0.2, 0.25) is 0 Å². The lowest BCUT2D eigenvalue weighted by Gasteiger charge is -2.09. The first-order valence-electron chi connectivity index (χ1n) is 6.51. The standard InChI is InChI=1S/C14H18N2O3S/c1-4-11-7-16-13(20-11)8(2)15-6-10-5-12(14(17)18)9(3)19-10/h5,7-8,15H,4,6H2,1-3H3,(H,17,18). The van der Waals surface area contributed by atoms with Crippen LogP contribution in [0.2, 0.25) is 0 Å². The maximum Gasteiger partial charge on any atom is 0.339 e. The number of rotatable bonds is 6. The molecule has 1 unspecified atom stereocenters. The van der Waals surface area contributed by atoms with Gasteiger partial charge in [-0.25, -0.2) is 9.78 Å². The zero-order chi connectivity index (χ0) is 14.7. The highest BCUT2D eigenvalue weighted by Gasteiger charge is 2.15. The molecule has 6 heteroatoms. The number of nitrogens with zero attached hydrogens (tertiary/aromatic N) is 1. The lowest BCUT2D eigenvalue weighted by atomic mass is 10.2. The molecule has 0 fully saturated rings. The van der Waals surface area contributed by atoms with Crippen LogP contribution in [-0.2, 0) is 13.0 Å². The van der Waals surface area contributed by atoms with Crippen molar-refractivity contribution in [1.82, 2.24) is 10.3 Å². The van der Waals surface area contributed by atoms with Gasteiger partial charge in [-0.3, -0.25) is 0 Å². The summed E-state index contributed by atoms with van der Waals surface area (Å²) in [7, 11) is 0. The largest absolute Gasteiger partial charge is 0.478 e. The van der Waals surface area contributed by atoms with E-state index >= 15 is 0 Å². The number of hydrogen-bond donors (Lipinski definition) is 2. The number of aryl methyl sites for hydroxylation is 2. The van der Waals surface area contributed by atoms with E-state index in [1.165, 1.54) is 4.88 Å². The smallest absolute Gasteiger partial charge is 0.339 e. The van der Waals surface area contributed by atoms with Gasteiger partial charge in [0, 0.05) is 11.1 Å². The van der Waals surface area contributed by atoms with Crippen molar-refractivity contribution in [2.45, 2.75) is 39.8 Å². The third-order valence-corrected chi connectivity index (χ3v) is 4.40. The van der Waals surface area contributed by atoms with Crippen LogP contribution in [0.15, 0.2) is 16.7 Å². The molecule has 0 aliphatic carbocycles. The monoisotopic (exact) mass is 294 g/mol. The van der Waals surface area contributed by atoms with Gasteiger partial charge in [-0.2, -0.15) is 0 Å². The Kier molecular flexibility index (Phi) is 4.57. The zero-order valence-corrected chi connectivity index (χ0v) is 12.6. The molecular formula is C14H18N2O3S. The molecule has 0 aliphatic rings. The van der Waals surface area contributed by atoms with Gasteiger partial charge in [-0.15, -0.1) is 11.3 Å². The molecule has 2 aromatic heterocycles. The van der Waals surface area contributed by atoms with E-state index in [4.69, 9.17) is 9.52 Å². The predicted octanol–water partition coefficient (Wildman–Crippen LogP) is 3.16. The molecule has 2 rings (SSSR count). The van der Waals surface area contributed by atoms with Crippen molar-refractivity contribution in [2.24, 2.45) is 0 Å². The average molecular weight is 294 g/mol. The molecule has 0 saturated carbocycles. The highest BCUT2D eigenvalue weighted by atomic mass is 32.1. The maximum atomic E-state index is 10.9. The Morgan fingerprint density at radius 2 is 2.35 bits per heavy atom. The van der Waals surface area contributed by atoms with Crippen molar-refractivity contribution in [3.05, 3.63) is 39.2 Å². The summed E-state index contributed by atoms with van der Waals surface area (Å²) >= 11 is 1.69. The van der Waals surface area contributed by atoms with Crippen LogP contribution in [0, 0.1) is 6.92 Å². The molecule has 0 spiro atoms. The molecule has 0 aromatic carbocycles. The van der Waals surface area contributed by atoms with Gasteiger partial charge in [-0.05, 0) is 26.3 Å². The molecule has 0 aliphatic heterocycles. The Labute approximate surface area is 121 Å². The highest BCUT2D eigenvalue weighted by Crippen LogP contribution is 2.21. The number of nitrogens with one attached hydrogen (secondary N) is 1. The number of carbonyl (C=O) groups is 1. The summed E-state index contributed by atoms with van der Waals surface area (Å²) in [4.78, 5) is 16.6. The molecule has 0 radical (unpaired) electrons. The van der Waals surface area contributed by atoms with Gasteiger partial charge in [0.25, 0.3) is 0 Å². The van der Waals surface area contributed by atoms with Gasteiger partial charge >= 0.3 is 5.97 Å². The number of thiazole rings is 1. The van der Waals surface area contributed by atoms with E-state index in [0.29, 0.717) is 18.1 Å². The summed E-state index contributed by atoms with van der Waals surface area (Å²) in [6, 6.07) is 1.68. The molecular weight excluding hydrogens is 276 g/mol. The number of aromatic nitrogens is 1. The van der Waals surface area contributed by atoms with Crippen LogP contribution in [0.25, 0.3) is 0 Å². The van der Waals surface area contributed by atoms with E-state index in [9.17, 15) is 4.79 Å². The third kappa shape index (κ3) is 3.26. The van der Waals surface area contributed by atoms with Crippen LogP contribution in [-0.4, -0.2) is 16.1 Å². The van der Waals surface area contributed by atoms with Gasteiger partial charge in [-0.1, -0.05) is 6.92 Å². The maximum absolute atomic E-state index is 10.9. The first kappa shape index (κ1) is 14.7. The van der Waals surface area contributed by atoms with Crippen LogP contribution < -0.4 is 5.32 Å². The Morgan fingerprint density at radius 1 is 1.60 bits per heavy atom. The van der Waals surface area contributed by atoms with Gasteiger partial charge in [0.1, 0.15) is 22.1 Å². The minimum absolute atomic E-state index is 0.110. The lowest BCUT2D eigenvalue weighted by Crippen LogP contribution is -2.17. The number of carboxylic acids is 1. The lowest BCUT2D eigenvalue weighted by molar-refractivity contribution is 0.0695. The van der Waals surface area contributed by atoms with Gasteiger partial charge in [0.05, 0.1) is 12.6 Å². The summed E-state index contributed by atoms with van der Waals surface area (Å²) in [5.41, 5.74) is 0.219. The first-order chi connectivity index (χ1) is 9.51. The summed E-state index contributed by atoms with van der Waals surface area (Å²) in [5, 5.41) is 13.3. The van der Waals surface area contributed by atoms with Gasteiger partial charge < -0.3 is 14.8 Å². The number of hydrogen-bond acceptors (Lipinski definition) is 5. The normalized spacial score (nSPS) is 12.6. The molecule has 2 heterocycles. The van der Waals surface area contributed by atoms with Crippen LogP contribution in [0.4, 0.5) is 0 Å². The molecule has 1 atom stereocenters. The summed E-state index contributed by atoms with van der Waals surface area (Å²) in [6.07, 6.45) is 2.89. The van der Waals surface area contributed by atoms with E-state index in [1.54, 1.807) is 24.3 Å². The zero-order valence-electron chi connectivity index (χ0n) is 11.8. The molecule has 2 aromatic rings. The topological polar surface area (TPSA) is 75.4 Å². The molecule has 5 nitrogen and oxygen atoms in total. The third-order valence-electron chi connectivity index (χ3n) is 3.07. The average Bonchev–Trinajstić information content (AvgIpc) is 3.02. The Hall–Kier alpha value is -1.66. The van der Waals surface area contributed by atoms with Crippen molar-refractivity contribution in [2.75, 3.05) is 0 Å².